The third kappa shape index (κ3) is 4.50. The lowest BCUT2D eigenvalue weighted by Gasteiger charge is -2.16. The first-order valence-electron chi connectivity index (χ1n) is 11.0. The van der Waals surface area contributed by atoms with E-state index in [1.165, 1.54) is 11.0 Å². The minimum Gasteiger partial charge on any atom is -0.477 e. The highest BCUT2D eigenvalue weighted by molar-refractivity contribution is 7.12. The number of rotatable bonds is 5. The number of benzene rings is 1. The van der Waals surface area contributed by atoms with Crippen molar-refractivity contribution in [3.8, 4) is 16.8 Å². The third-order valence-corrected chi connectivity index (χ3v) is 7.86. The topological polar surface area (TPSA) is 115 Å². The summed E-state index contributed by atoms with van der Waals surface area (Å²) in [6.07, 6.45) is 3.36. The Balaban J connectivity index is 0.00000280. The Morgan fingerprint density at radius 3 is 2.70 bits per heavy atom. The summed E-state index contributed by atoms with van der Waals surface area (Å²) in [4.78, 5) is 29.5. The summed E-state index contributed by atoms with van der Waals surface area (Å²) in [5.74, 6) is -0.975. The van der Waals surface area contributed by atoms with Crippen LogP contribution in [-0.4, -0.2) is 41.6 Å². The Hall–Kier alpha value is -3.31. The van der Waals surface area contributed by atoms with E-state index in [4.69, 9.17) is 23.2 Å². The van der Waals surface area contributed by atoms with Crippen molar-refractivity contribution < 1.29 is 9.90 Å². The number of tetrazole rings is 1. The molecule has 13 heteroatoms. The number of allylic oxidation sites excluding steroid dienone is 1. The second kappa shape index (κ2) is 9.86. The summed E-state index contributed by atoms with van der Waals surface area (Å²) in [5.41, 5.74) is 5.24. The summed E-state index contributed by atoms with van der Waals surface area (Å²) < 4.78 is 3.30. The normalized spacial score (nSPS) is 16.5. The fourth-order valence-electron chi connectivity index (χ4n) is 4.78. The van der Waals surface area contributed by atoms with Gasteiger partial charge in [0.2, 0.25) is 0 Å². The zero-order valence-electron chi connectivity index (χ0n) is 18.8. The van der Waals surface area contributed by atoms with E-state index in [1.807, 2.05) is 12.1 Å². The Morgan fingerprint density at radius 1 is 1.14 bits per heavy atom. The Labute approximate surface area is 230 Å². The van der Waals surface area contributed by atoms with Gasteiger partial charge in [-0.25, -0.2) is 9.79 Å². The van der Waals surface area contributed by atoms with Gasteiger partial charge in [0.25, 0.3) is 5.56 Å². The first-order chi connectivity index (χ1) is 17.4. The largest absolute Gasteiger partial charge is 0.477 e. The summed E-state index contributed by atoms with van der Waals surface area (Å²) in [5, 5.41) is 23.3. The molecule has 9 nitrogen and oxygen atoms in total. The molecule has 6 rings (SSSR count). The summed E-state index contributed by atoms with van der Waals surface area (Å²) >= 11 is 13.9. The van der Waals surface area contributed by atoms with Crippen molar-refractivity contribution in [2.75, 3.05) is 0 Å². The number of fused-ring (bicyclic) bond motifs is 1. The van der Waals surface area contributed by atoms with E-state index in [0.717, 1.165) is 45.0 Å². The SMILES string of the molecule is Cl.O=C(O)c1cc(C2=C(Cl)N=C([C@@H]3CCc4cc(-c5cc(Cl)ccc5-n5cnnn5)cc(=O)n43)C2)cs1. The zero-order valence-corrected chi connectivity index (χ0v) is 22.0. The number of thiophene rings is 1. The molecular weight excluding hydrogens is 559 g/mol. The highest BCUT2D eigenvalue weighted by atomic mass is 35.5. The number of carboxylic acids is 1. The predicted octanol–water partition coefficient (Wildman–Crippen LogP) is 5.27. The van der Waals surface area contributed by atoms with Gasteiger partial charge >= 0.3 is 5.97 Å². The number of carboxylic acid groups (broad SMARTS) is 1. The number of aromatic nitrogens is 5. The molecule has 37 heavy (non-hydrogen) atoms. The Bertz CT molecular complexity index is 1660. The fraction of sp³-hybridized carbons (Fsp3) is 0.167. The van der Waals surface area contributed by atoms with Crippen LogP contribution in [0.1, 0.15) is 39.8 Å². The van der Waals surface area contributed by atoms with Gasteiger partial charge in [0.05, 0.1) is 11.7 Å². The van der Waals surface area contributed by atoms with Crippen molar-refractivity contribution in [2.45, 2.75) is 25.3 Å². The molecule has 3 aromatic heterocycles. The zero-order chi connectivity index (χ0) is 25.0. The average molecular weight is 576 g/mol. The average Bonchev–Trinajstić information content (AvgIpc) is 3.64. The first kappa shape index (κ1) is 25.3. The lowest BCUT2D eigenvalue weighted by molar-refractivity contribution is 0.0702. The molecule has 4 aromatic rings. The number of carbonyl (C=O) groups is 1. The van der Waals surface area contributed by atoms with E-state index in [9.17, 15) is 14.7 Å². The van der Waals surface area contributed by atoms with Crippen LogP contribution in [0.5, 0.6) is 0 Å². The molecule has 1 aromatic carbocycles. The number of aryl methyl sites for hydroxylation is 1. The van der Waals surface area contributed by atoms with Gasteiger partial charge in [-0.05, 0) is 70.1 Å². The highest BCUT2D eigenvalue weighted by Crippen LogP contribution is 2.40. The Kier molecular flexibility index (Phi) is 6.76. The van der Waals surface area contributed by atoms with Crippen molar-refractivity contribution in [3.63, 3.8) is 0 Å². The van der Waals surface area contributed by atoms with E-state index in [-0.39, 0.29) is 28.9 Å². The molecule has 0 aliphatic carbocycles. The van der Waals surface area contributed by atoms with Gasteiger partial charge in [-0.2, -0.15) is 4.68 Å². The van der Waals surface area contributed by atoms with Crippen LogP contribution in [0.25, 0.3) is 22.4 Å². The minimum atomic E-state index is -0.975. The van der Waals surface area contributed by atoms with Crippen LogP contribution < -0.4 is 5.56 Å². The van der Waals surface area contributed by atoms with E-state index in [0.29, 0.717) is 35.1 Å². The smallest absolute Gasteiger partial charge is 0.345 e. The number of aromatic carboxylic acids is 1. The van der Waals surface area contributed by atoms with E-state index >= 15 is 0 Å². The molecule has 0 unspecified atom stereocenters. The number of aliphatic imine (C=N–C) groups is 1. The van der Waals surface area contributed by atoms with Gasteiger partial charge in [0, 0.05) is 40.1 Å². The summed E-state index contributed by atoms with van der Waals surface area (Å²) in [7, 11) is 0. The fourth-order valence-corrected chi connectivity index (χ4v) is 6.00. The molecule has 2 aliphatic rings. The second-order valence-corrected chi connectivity index (χ2v) is 10.2. The monoisotopic (exact) mass is 574 g/mol. The van der Waals surface area contributed by atoms with Crippen LogP contribution in [0.3, 0.4) is 0 Å². The van der Waals surface area contributed by atoms with Crippen LogP contribution in [0.15, 0.2) is 63.0 Å². The van der Waals surface area contributed by atoms with Crippen LogP contribution in [0.2, 0.25) is 5.02 Å². The molecule has 0 saturated carbocycles. The highest BCUT2D eigenvalue weighted by Gasteiger charge is 2.32. The lowest BCUT2D eigenvalue weighted by Crippen LogP contribution is -2.27. The molecule has 2 aliphatic heterocycles. The van der Waals surface area contributed by atoms with E-state index < -0.39 is 5.97 Å². The van der Waals surface area contributed by atoms with Crippen molar-refractivity contribution in [3.05, 3.63) is 84.8 Å². The van der Waals surface area contributed by atoms with Crippen molar-refractivity contribution in [1.82, 2.24) is 24.8 Å². The molecule has 0 fully saturated rings. The quantitative estimate of drug-likeness (QED) is 0.324. The molecule has 1 atom stereocenters. The molecule has 5 heterocycles. The molecule has 0 amide bonds. The van der Waals surface area contributed by atoms with Gasteiger partial charge in [-0.1, -0.05) is 23.2 Å². The van der Waals surface area contributed by atoms with Crippen molar-refractivity contribution in [1.29, 1.82) is 0 Å². The molecule has 0 spiro atoms. The van der Waals surface area contributed by atoms with Gasteiger partial charge in [0.1, 0.15) is 16.4 Å². The minimum absolute atomic E-state index is 0. The van der Waals surface area contributed by atoms with Crippen LogP contribution >= 0.6 is 46.9 Å². The summed E-state index contributed by atoms with van der Waals surface area (Å²) in [6, 6.07) is 10.3. The molecule has 188 valence electrons. The number of nitrogens with zero attached hydrogens (tertiary/aromatic N) is 6. The van der Waals surface area contributed by atoms with Gasteiger partial charge in [-0.15, -0.1) is 28.8 Å². The molecule has 0 saturated heterocycles. The standard InChI is InChI=1S/C24H16Cl2N6O3S.ClH/c25-14-1-3-19(31-11-27-29-30-31)16(8-14)12-5-15-2-4-20(32(15)22(33)7-12)18-9-17(23(26)28-18)13-6-21(24(34)35)36-10-13;/h1,3,5-8,10-11,20H,2,4,9H2,(H,34,35);1H/t20-;/m0./s1. The Morgan fingerprint density at radius 2 is 1.97 bits per heavy atom. The first-order valence-corrected chi connectivity index (χ1v) is 12.6. The molecular formula is C24H17Cl3N6O3S. The lowest BCUT2D eigenvalue weighted by atomic mass is 10.0. The van der Waals surface area contributed by atoms with E-state index in [1.54, 1.807) is 34.2 Å². The van der Waals surface area contributed by atoms with Crippen LogP contribution in [0, 0.1) is 0 Å². The van der Waals surface area contributed by atoms with Crippen LogP contribution in [0.4, 0.5) is 0 Å². The van der Waals surface area contributed by atoms with E-state index in [2.05, 4.69) is 20.5 Å². The van der Waals surface area contributed by atoms with Crippen molar-refractivity contribution >= 4 is 64.2 Å². The predicted molar refractivity (Wildman–Crippen MR) is 145 cm³/mol. The molecule has 0 bridgehead atoms. The molecule has 1 N–H and O–H groups in total. The number of hydrogen-bond acceptors (Lipinski definition) is 7. The van der Waals surface area contributed by atoms with Crippen LogP contribution in [-0.2, 0) is 6.42 Å². The third-order valence-electron chi connectivity index (χ3n) is 6.39. The number of halogens is 3. The number of hydrogen-bond donors (Lipinski definition) is 1. The maximum absolute atomic E-state index is 13.4. The van der Waals surface area contributed by atoms with Gasteiger partial charge in [0.15, 0.2) is 0 Å². The maximum Gasteiger partial charge on any atom is 0.345 e. The number of pyridine rings is 1. The molecule has 0 radical (unpaired) electrons. The van der Waals surface area contributed by atoms with Gasteiger partial charge in [-0.3, -0.25) is 4.79 Å². The maximum atomic E-state index is 13.4. The summed E-state index contributed by atoms with van der Waals surface area (Å²) in [6.45, 7) is 0. The van der Waals surface area contributed by atoms with Gasteiger partial charge < -0.3 is 9.67 Å². The van der Waals surface area contributed by atoms with Crippen molar-refractivity contribution in [2.24, 2.45) is 4.99 Å². The second-order valence-electron chi connectivity index (χ2n) is 8.47.